The Labute approximate surface area is 80.7 Å². The first-order valence-electron chi connectivity index (χ1n) is 4.07. The van der Waals surface area contributed by atoms with Gasteiger partial charge >= 0.3 is 0 Å². The zero-order valence-electron chi connectivity index (χ0n) is 6.89. The Kier molecular flexibility index (Phi) is 2.38. The standard InChI is InChI=1S/C9H9ClFNO/c10-6-1-7(11)3-8(2-6)13-9-4-12-5-9/h1-3,9,12H,4-5H2. The summed E-state index contributed by atoms with van der Waals surface area (Å²) in [7, 11) is 0. The molecule has 0 atom stereocenters. The monoisotopic (exact) mass is 201 g/mol. The van der Waals surface area contributed by atoms with Gasteiger partial charge in [-0.05, 0) is 12.1 Å². The Morgan fingerprint density at radius 1 is 1.38 bits per heavy atom. The molecule has 0 aliphatic carbocycles. The number of halogens is 2. The molecule has 2 nitrogen and oxygen atoms in total. The van der Waals surface area contributed by atoms with Crippen LogP contribution >= 0.6 is 11.6 Å². The SMILES string of the molecule is Fc1cc(Cl)cc(OC2CNC2)c1. The molecular formula is C9H9ClFNO. The molecule has 1 aromatic rings. The van der Waals surface area contributed by atoms with Crippen molar-refractivity contribution in [2.45, 2.75) is 6.10 Å². The van der Waals surface area contributed by atoms with E-state index in [4.69, 9.17) is 16.3 Å². The van der Waals surface area contributed by atoms with Crippen molar-refractivity contribution in [1.29, 1.82) is 0 Å². The molecule has 1 aliphatic rings. The van der Waals surface area contributed by atoms with Crippen LogP contribution < -0.4 is 10.1 Å². The second-order valence-electron chi connectivity index (χ2n) is 3.00. The molecule has 4 heteroatoms. The number of ether oxygens (including phenoxy) is 1. The largest absolute Gasteiger partial charge is 0.488 e. The number of nitrogens with one attached hydrogen (secondary N) is 1. The number of hydrogen-bond donors (Lipinski definition) is 1. The van der Waals surface area contributed by atoms with E-state index in [0.717, 1.165) is 13.1 Å². The molecule has 1 aromatic carbocycles. The summed E-state index contributed by atoms with van der Waals surface area (Å²) in [6, 6.07) is 4.21. The van der Waals surface area contributed by atoms with Crippen LogP contribution in [0, 0.1) is 5.82 Å². The lowest BCUT2D eigenvalue weighted by Gasteiger charge is -2.27. The van der Waals surface area contributed by atoms with Crippen molar-refractivity contribution < 1.29 is 9.13 Å². The smallest absolute Gasteiger partial charge is 0.128 e. The molecule has 2 rings (SSSR count). The molecule has 1 saturated heterocycles. The minimum absolute atomic E-state index is 0.151. The topological polar surface area (TPSA) is 21.3 Å². The third-order valence-electron chi connectivity index (χ3n) is 1.88. The van der Waals surface area contributed by atoms with Crippen molar-refractivity contribution in [3.05, 3.63) is 29.0 Å². The predicted octanol–water partition coefficient (Wildman–Crippen LogP) is 1.83. The fourth-order valence-corrected chi connectivity index (χ4v) is 1.35. The highest BCUT2D eigenvalue weighted by molar-refractivity contribution is 6.30. The van der Waals surface area contributed by atoms with E-state index in [2.05, 4.69) is 5.32 Å². The van der Waals surface area contributed by atoms with E-state index in [0.29, 0.717) is 10.8 Å². The van der Waals surface area contributed by atoms with E-state index >= 15 is 0 Å². The average Bonchev–Trinajstić information content (AvgIpc) is 1.95. The maximum Gasteiger partial charge on any atom is 0.128 e. The molecule has 0 spiro atoms. The van der Waals surface area contributed by atoms with Gasteiger partial charge in [0, 0.05) is 24.2 Å². The molecule has 13 heavy (non-hydrogen) atoms. The molecule has 0 bridgehead atoms. The molecule has 1 heterocycles. The summed E-state index contributed by atoms with van der Waals surface area (Å²) in [5, 5.41) is 3.42. The highest BCUT2D eigenvalue weighted by Gasteiger charge is 2.18. The average molecular weight is 202 g/mol. The van der Waals surface area contributed by atoms with Crippen LogP contribution in [-0.4, -0.2) is 19.2 Å². The minimum atomic E-state index is -0.366. The number of benzene rings is 1. The third kappa shape index (κ3) is 2.11. The van der Waals surface area contributed by atoms with E-state index in [1.54, 1.807) is 6.07 Å². The summed E-state index contributed by atoms with van der Waals surface area (Å²) in [6.07, 6.45) is 0.151. The third-order valence-corrected chi connectivity index (χ3v) is 2.10. The van der Waals surface area contributed by atoms with Gasteiger partial charge in [0.1, 0.15) is 17.7 Å². The quantitative estimate of drug-likeness (QED) is 0.789. The van der Waals surface area contributed by atoms with E-state index in [1.807, 2.05) is 0 Å². The highest BCUT2D eigenvalue weighted by atomic mass is 35.5. The summed E-state index contributed by atoms with van der Waals surface area (Å²) in [4.78, 5) is 0. The normalized spacial score (nSPS) is 16.8. The van der Waals surface area contributed by atoms with Crippen LogP contribution in [0.5, 0.6) is 5.75 Å². The molecule has 0 amide bonds. The van der Waals surface area contributed by atoms with Gasteiger partial charge in [-0.3, -0.25) is 0 Å². The van der Waals surface area contributed by atoms with Crippen molar-refractivity contribution >= 4 is 11.6 Å². The summed E-state index contributed by atoms with van der Waals surface area (Å²) in [6.45, 7) is 1.63. The lowest BCUT2D eigenvalue weighted by atomic mass is 10.2. The van der Waals surface area contributed by atoms with Crippen molar-refractivity contribution in [3.8, 4) is 5.75 Å². The Morgan fingerprint density at radius 2 is 2.15 bits per heavy atom. The molecule has 70 valence electrons. The lowest BCUT2D eigenvalue weighted by Crippen LogP contribution is -2.50. The fourth-order valence-electron chi connectivity index (χ4n) is 1.13. The second kappa shape index (κ2) is 3.52. The Hall–Kier alpha value is -0.800. The molecule has 0 radical (unpaired) electrons. The Balaban J connectivity index is 2.10. The van der Waals surface area contributed by atoms with E-state index in [9.17, 15) is 4.39 Å². The Bertz CT molecular complexity index is 294. The van der Waals surface area contributed by atoms with E-state index < -0.39 is 0 Å². The van der Waals surface area contributed by atoms with Gasteiger partial charge in [0.05, 0.1) is 0 Å². The van der Waals surface area contributed by atoms with Crippen LogP contribution in [0.4, 0.5) is 4.39 Å². The summed E-state index contributed by atoms with van der Waals surface area (Å²) < 4.78 is 18.2. The van der Waals surface area contributed by atoms with Gasteiger partial charge in [0.2, 0.25) is 0 Å². The fraction of sp³-hybridized carbons (Fsp3) is 0.333. The molecule has 1 aliphatic heterocycles. The summed E-state index contributed by atoms with van der Waals surface area (Å²) >= 11 is 5.66. The van der Waals surface area contributed by atoms with Crippen molar-refractivity contribution in [3.63, 3.8) is 0 Å². The van der Waals surface area contributed by atoms with Gasteiger partial charge in [-0.2, -0.15) is 0 Å². The molecule has 1 fully saturated rings. The zero-order chi connectivity index (χ0) is 9.26. The first kappa shape index (κ1) is 8.78. The van der Waals surface area contributed by atoms with Crippen LogP contribution in [0.2, 0.25) is 5.02 Å². The first-order chi connectivity index (χ1) is 6.24. The van der Waals surface area contributed by atoms with Crippen molar-refractivity contribution in [2.24, 2.45) is 0 Å². The van der Waals surface area contributed by atoms with Gasteiger partial charge in [-0.25, -0.2) is 4.39 Å². The molecule has 0 unspecified atom stereocenters. The van der Waals surface area contributed by atoms with Crippen LogP contribution in [0.1, 0.15) is 0 Å². The van der Waals surface area contributed by atoms with Gasteiger partial charge < -0.3 is 10.1 Å². The predicted molar refractivity (Wildman–Crippen MR) is 48.7 cm³/mol. The van der Waals surface area contributed by atoms with Crippen molar-refractivity contribution in [1.82, 2.24) is 5.32 Å². The molecule has 0 aromatic heterocycles. The van der Waals surface area contributed by atoms with Gasteiger partial charge in [0.15, 0.2) is 0 Å². The molecular weight excluding hydrogens is 193 g/mol. The maximum atomic E-state index is 12.8. The molecule has 0 saturated carbocycles. The zero-order valence-corrected chi connectivity index (χ0v) is 7.64. The van der Waals surface area contributed by atoms with E-state index in [1.165, 1.54) is 12.1 Å². The van der Waals surface area contributed by atoms with Crippen molar-refractivity contribution in [2.75, 3.05) is 13.1 Å². The van der Waals surface area contributed by atoms with Gasteiger partial charge in [-0.1, -0.05) is 11.6 Å². The lowest BCUT2D eigenvalue weighted by molar-refractivity contribution is 0.142. The number of hydrogen-bond acceptors (Lipinski definition) is 2. The second-order valence-corrected chi connectivity index (χ2v) is 3.44. The first-order valence-corrected chi connectivity index (χ1v) is 4.45. The van der Waals surface area contributed by atoms with Crippen LogP contribution in [-0.2, 0) is 0 Å². The summed E-state index contributed by atoms with van der Waals surface area (Å²) in [5.41, 5.74) is 0. The van der Waals surface area contributed by atoms with Crippen LogP contribution in [0.15, 0.2) is 18.2 Å². The van der Waals surface area contributed by atoms with Gasteiger partial charge in [0.25, 0.3) is 0 Å². The van der Waals surface area contributed by atoms with Gasteiger partial charge in [-0.15, -0.1) is 0 Å². The highest BCUT2D eigenvalue weighted by Crippen LogP contribution is 2.21. The van der Waals surface area contributed by atoms with Crippen LogP contribution in [0.25, 0.3) is 0 Å². The number of rotatable bonds is 2. The van der Waals surface area contributed by atoms with Crippen LogP contribution in [0.3, 0.4) is 0 Å². The maximum absolute atomic E-state index is 12.8. The minimum Gasteiger partial charge on any atom is -0.488 e. The van der Waals surface area contributed by atoms with E-state index in [-0.39, 0.29) is 11.9 Å². The summed E-state index contributed by atoms with van der Waals surface area (Å²) in [5.74, 6) is 0.131. The molecule has 1 N–H and O–H groups in total. The Morgan fingerprint density at radius 3 is 2.69 bits per heavy atom.